The van der Waals surface area contributed by atoms with Crippen molar-refractivity contribution in [1.29, 1.82) is 0 Å². The SMILES string of the molecule is O=C(c1nn2c(c1Br)N[C@@H](c1cccs1)C[C@H]2C(F)(F)F)N1CCCC1. The zero-order valence-corrected chi connectivity index (χ0v) is 16.0. The molecule has 0 radical (unpaired) electrons. The van der Waals surface area contributed by atoms with E-state index in [4.69, 9.17) is 0 Å². The summed E-state index contributed by atoms with van der Waals surface area (Å²) in [6, 6.07) is 1.37. The number of hydrogen-bond acceptors (Lipinski definition) is 4. The second kappa shape index (κ2) is 6.56. The summed E-state index contributed by atoms with van der Waals surface area (Å²) in [6.45, 7) is 1.23. The second-order valence-corrected chi connectivity index (χ2v) is 8.23. The number of fused-ring (bicyclic) bond motifs is 1. The van der Waals surface area contributed by atoms with Gasteiger partial charge in [0.2, 0.25) is 0 Å². The van der Waals surface area contributed by atoms with E-state index in [0.29, 0.717) is 17.6 Å². The summed E-state index contributed by atoms with van der Waals surface area (Å²) in [5.41, 5.74) is 0.0375. The Morgan fingerprint density at radius 2 is 2.08 bits per heavy atom. The van der Waals surface area contributed by atoms with Crippen molar-refractivity contribution in [3.05, 3.63) is 32.6 Å². The maximum absolute atomic E-state index is 13.7. The van der Waals surface area contributed by atoms with Gasteiger partial charge < -0.3 is 10.2 Å². The molecule has 0 bridgehead atoms. The molecule has 2 aromatic rings. The summed E-state index contributed by atoms with van der Waals surface area (Å²) in [5, 5.41) is 9.02. The average molecular weight is 449 g/mol. The van der Waals surface area contributed by atoms with E-state index in [1.807, 2.05) is 17.5 Å². The third kappa shape index (κ3) is 3.02. The lowest BCUT2D eigenvalue weighted by molar-refractivity contribution is -0.173. The minimum Gasteiger partial charge on any atom is -0.362 e. The largest absolute Gasteiger partial charge is 0.410 e. The maximum atomic E-state index is 13.7. The van der Waals surface area contributed by atoms with E-state index < -0.39 is 18.3 Å². The highest BCUT2D eigenvalue weighted by Gasteiger charge is 2.48. The van der Waals surface area contributed by atoms with Crippen LogP contribution in [0.3, 0.4) is 0 Å². The lowest BCUT2D eigenvalue weighted by Crippen LogP contribution is -2.35. The molecule has 0 saturated carbocycles. The van der Waals surface area contributed by atoms with E-state index in [1.165, 1.54) is 11.3 Å². The Morgan fingerprint density at radius 3 is 2.69 bits per heavy atom. The molecule has 0 spiro atoms. The predicted molar refractivity (Wildman–Crippen MR) is 95.5 cm³/mol. The van der Waals surface area contributed by atoms with E-state index in [9.17, 15) is 18.0 Å². The number of rotatable bonds is 2. The van der Waals surface area contributed by atoms with Crippen molar-refractivity contribution in [3.63, 3.8) is 0 Å². The van der Waals surface area contributed by atoms with E-state index in [1.54, 1.807) is 4.90 Å². The summed E-state index contributed by atoms with van der Waals surface area (Å²) in [5.74, 6) is -0.119. The molecule has 4 heterocycles. The molecule has 1 saturated heterocycles. The molecule has 10 heteroatoms. The fourth-order valence-corrected chi connectivity index (χ4v) is 4.81. The van der Waals surface area contributed by atoms with Gasteiger partial charge in [-0.2, -0.15) is 18.3 Å². The molecule has 2 atom stereocenters. The molecule has 1 N–H and O–H groups in total. The van der Waals surface area contributed by atoms with Crippen molar-refractivity contribution < 1.29 is 18.0 Å². The first-order valence-corrected chi connectivity index (χ1v) is 9.97. The second-order valence-electron chi connectivity index (χ2n) is 6.46. The van der Waals surface area contributed by atoms with Crippen LogP contribution >= 0.6 is 27.3 Å². The maximum Gasteiger partial charge on any atom is 0.410 e. The van der Waals surface area contributed by atoms with Crippen molar-refractivity contribution in [2.45, 2.75) is 37.5 Å². The van der Waals surface area contributed by atoms with Gasteiger partial charge in [0.25, 0.3) is 5.91 Å². The first-order chi connectivity index (χ1) is 12.4. The van der Waals surface area contributed by atoms with Gasteiger partial charge in [0.1, 0.15) is 5.82 Å². The molecule has 5 nitrogen and oxygen atoms in total. The number of nitrogens with one attached hydrogen (secondary N) is 1. The van der Waals surface area contributed by atoms with Gasteiger partial charge in [0, 0.05) is 24.4 Å². The highest BCUT2D eigenvalue weighted by molar-refractivity contribution is 9.10. The number of aromatic nitrogens is 2. The van der Waals surface area contributed by atoms with Crippen molar-refractivity contribution in [1.82, 2.24) is 14.7 Å². The van der Waals surface area contributed by atoms with Crippen LogP contribution in [0.25, 0.3) is 0 Å². The summed E-state index contributed by atoms with van der Waals surface area (Å²) >= 11 is 4.72. The van der Waals surface area contributed by atoms with E-state index in [-0.39, 0.29) is 23.8 Å². The highest BCUT2D eigenvalue weighted by Crippen LogP contribution is 2.47. The first-order valence-electron chi connectivity index (χ1n) is 8.30. The van der Waals surface area contributed by atoms with Crippen LogP contribution in [0.5, 0.6) is 0 Å². The van der Waals surface area contributed by atoms with Crippen LogP contribution in [-0.4, -0.2) is 39.9 Å². The van der Waals surface area contributed by atoms with Gasteiger partial charge in [0.15, 0.2) is 11.7 Å². The standard InChI is InChI=1S/C16H16BrF3N4OS/c17-12-13(15(25)23-5-1-2-6-23)22-24-11(16(18,19)20)8-9(21-14(12)24)10-4-3-7-26-10/h3-4,7,9,11,21H,1-2,5-6,8H2/t9-,11+/m1/s1. The molecular formula is C16H16BrF3N4OS. The highest BCUT2D eigenvalue weighted by atomic mass is 79.9. The molecule has 0 unspecified atom stereocenters. The Kier molecular flexibility index (Phi) is 4.50. The number of nitrogens with zero attached hydrogens (tertiary/aromatic N) is 3. The minimum atomic E-state index is -4.45. The van der Waals surface area contributed by atoms with E-state index in [2.05, 4.69) is 26.3 Å². The number of likely N-dealkylation sites (tertiary alicyclic amines) is 1. The molecule has 0 aliphatic carbocycles. The van der Waals surface area contributed by atoms with Gasteiger partial charge in [-0.25, -0.2) is 4.68 Å². The smallest absolute Gasteiger partial charge is 0.362 e. The van der Waals surface area contributed by atoms with Crippen molar-refractivity contribution >= 4 is 39.0 Å². The Morgan fingerprint density at radius 1 is 1.35 bits per heavy atom. The monoisotopic (exact) mass is 448 g/mol. The Hall–Kier alpha value is -1.55. The minimum absolute atomic E-state index is 0.0375. The predicted octanol–water partition coefficient (Wildman–Crippen LogP) is 4.60. The molecule has 1 fully saturated rings. The summed E-state index contributed by atoms with van der Waals surface area (Å²) in [4.78, 5) is 15.1. The number of alkyl halides is 3. The van der Waals surface area contributed by atoms with Gasteiger partial charge >= 0.3 is 6.18 Å². The van der Waals surface area contributed by atoms with Gasteiger partial charge in [-0.3, -0.25) is 4.79 Å². The average Bonchev–Trinajstić information content (AvgIpc) is 3.34. The first kappa shape index (κ1) is 17.8. The molecule has 2 aliphatic rings. The lowest BCUT2D eigenvalue weighted by atomic mass is 10.0. The van der Waals surface area contributed by atoms with Gasteiger partial charge in [-0.15, -0.1) is 11.3 Å². The Balaban J connectivity index is 1.74. The number of carbonyl (C=O) groups is 1. The van der Waals surface area contributed by atoms with Crippen LogP contribution < -0.4 is 5.32 Å². The van der Waals surface area contributed by atoms with E-state index in [0.717, 1.165) is 22.4 Å². The van der Waals surface area contributed by atoms with Crippen molar-refractivity contribution in [3.8, 4) is 0 Å². The quantitative estimate of drug-likeness (QED) is 0.729. The molecule has 4 rings (SSSR count). The lowest BCUT2D eigenvalue weighted by Gasteiger charge is -2.33. The van der Waals surface area contributed by atoms with Crippen LogP contribution in [0.1, 0.15) is 46.7 Å². The molecule has 0 aromatic carbocycles. The Bertz CT molecular complexity index is 814. The fourth-order valence-electron chi connectivity index (χ4n) is 3.47. The fraction of sp³-hybridized carbons (Fsp3) is 0.500. The van der Waals surface area contributed by atoms with Gasteiger partial charge in [-0.1, -0.05) is 6.07 Å². The number of thiophene rings is 1. The number of anilines is 1. The summed E-state index contributed by atoms with van der Waals surface area (Å²) in [7, 11) is 0. The normalized spacial score (nSPS) is 23.0. The molecule has 26 heavy (non-hydrogen) atoms. The third-order valence-corrected chi connectivity index (χ3v) is 6.52. The van der Waals surface area contributed by atoms with Crippen LogP contribution in [-0.2, 0) is 0 Å². The molecule has 2 aliphatic heterocycles. The summed E-state index contributed by atoms with van der Waals surface area (Å²) in [6.07, 6.45) is -2.81. The van der Waals surface area contributed by atoms with Gasteiger partial charge in [0.05, 0.1) is 10.5 Å². The molecule has 2 aromatic heterocycles. The topological polar surface area (TPSA) is 50.2 Å². The van der Waals surface area contributed by atoms with Crippen LogP contribution in [0.2, 0.25) is 0 Å². The van der Waals surface area contributed by atoms with Crippen LogP contribution in [0, 0.1) is 0 Å². The molecule has 1 amide bonds. The van der Waals surface area contributed by atoms with Crippen molar-refractivity contribution in [2.24, 2.45) is 0 Å². The third-order valence-electron chi connectivity index (χ3n) is 4.78. The summed E-state index contributed by atoms with van der Waals surface area (Å²) < 4.78 is 42.3. The van der Waals surface area contributed by atoms with Crippen LogP contribution in [0.15, 0.2) is 22.0 Å². The number of amides is 1. The molecule has 140 valence electrons. The Labute approximate surface area is 160 Å². The number of carbonyl (C=O) groups excluding carboxylic acids is 1. The zero-order valence-electron chi connectivity index (χ0n) is 13.6. The van der Waals surface area contributed by atoms with Gasteiger partial charge in [-0.05, 0) is 40.2 Å². The van der Waals surface area contributed by atoms with Crippen molar-refractivity contribution in [2.75, 3.05) is 18.4 Å². The van der Waals surface area contributed by atoms with Crippen LogP contribution in [0.4, 0.5) is 19.0 Å². The number of halogens is 4. The zero-order chi connectivity index (χ0) is 18.5. The van der Waals surface area contributed by atoms with E-state index >= 15 is 0 Å². The number of hydrogen-bond donors (Lipinski definition) is 1. The molecular weight excluding hydrogens is 433 g/mol.